The number of hydrogen-bond donors (Lipinski definition) is 1. The van der Waals surface area contributed by atoms with E-state index in [0.717, 1.165) is 18.5 Å². The molecule has 0 saturated carbocycles. The Bertz CT molecular complexity index is 772. The number of sulfonamides is 1. The van der Waals surface area contributed by atoms with Crippen LogP contribution in [-0.4, -0.2) is 48.2 Å². The van der Waals surface area contributed by atoms with Crippen LogP contribution in [0.2, 0.25) is 0 Å². The highest BCUT2D eigenvalue weighted by Crippen LogP contribution is 2.30. The van der Waals surface area contributed by atoms with Crippen LogP contribution >= 0.6 is 11.3 Å². The molecule has 0 radical (unpaired) electrons. The number of piperidine rings is 1. The summed E-state index contributed by atoms with van der Waals surface area (Å²) < 4.78 is 25.9. The van der Waals surface area contributed by atoms with Crippen LogP contribution in [0.5, 0.6) is 0 Å². The number of amides is 1. The number of hydrogen-bond acceptors (Lipinski definition) is 6. The smallest absolute Gasteiger partial charge is 0.230 e. The van der Waals surface area contributed by atoms with E-state index < -0.39 is 10.0 Å². The Morgan fingerprint density at radius 3 is 2.88 bits per heavy atom. The Hall–Kier alpha value is -1.32. The molecule has 1 atom stereocenters. The molecule has 0 aromatic carbocycles. The van der Waals surface area contributed by atoms with Crippen molar-refractivity contribution in [2.75, 3.05) is 24.2 Å². The van der Waals surface area contributed by atoms with Gasteiger partial charge in [-0.1, -0.05) is 18.3 Å². The molecule has 1 aromatic rings. The molecule has 2 aliphatic rings. The van der Waals surface area contributed by atoms with Gasteiger partial charge in [-0.25, -0.2) is 17.7 Å². The summed E-state index contributed by atoms with van der Waals surface area (Å²) in [5.41, 5.74) is 0.771. The normalized spacial score (nSPS) is 21.8. The van der Waals surface area contributed by atoms with Crippen molar-refractivity contribution in [2.24, 2.45) is 5.92 Å². The summed E-state index contributed by atoms with van der Waals surface area (Å²) in [4.78, 5) is 29.4. The minimum atomic E-state index is -3.29. The number of fused-ring (bicyclic) bond motifs is 1. The molecule has 1 fully saturated rings. The van der Waals surface area contributed by atoms with Crippen molar-refractivity contribution >= 4 is 38.2 Å². The van der Waals surface area contributed by atoms with Gasteiger partial charge in [0.1, 0.15) is 0 Å². The SMILES string of the molecule is CCCS(=O)(=O)N1CCCC(C(=O)Nc2nc3c(s2)C(=O)CCC3)C1. The third-order valence-corrected chi connectivity index (χ3v) is 7.71. The molecule has 1 amide bonds. The van der Waals surface area contributed by atoms with Gasteiger partial charge in [0.2, 0.25) is 15.9 Å². The molecule has 2 heterocycles. The summed E-state index contributed by atoms with van der Waals surface area (Å²) in [5.74, 6) is -0.386. The summed E-state index contributed by atoms with van der Waals surface area (Å²) in [6.45, 7) is 2.53. The summed E-state index contributed by atoms with van der Waals surface area (Å²) in [5, 5.41) is 3.23. The molecule has 0 bridgehead atoms. The summed E-state index contributed by atoms with van der Waals surface area (Å²) in [6, 6.07) is 0. The molecular formula is C16H23N3O4S2. The van der Waals surface area contributed by atoms with E-state index in [0.29, 0.717) is 42.2 Å². The second-order valence-corrected chi connectivity index (χ2v) is 9.66. The monoisotopic (exact) mass is 385 g/mol. The molecule has 7 nitrogen and oxygen atoms in total. The second kappa shape index (κ2) is 7.51. The number of aryl methyl sites for hydroxylation is 1. The first-order valence-electron chi connectivity index (χ1n) is 8.72. The summed E-state index contributed by atoms with van der Waals surface area (Å²) in [7, 11) is -3.29. The number of nitrogens with zero attached hydrogens (tertiary/aromatic N) is 2. The molecule has 9 heteroatoms. The van der Waals surface area contributed by atoms with Gasteiger partial charge in [0.25, 0.3) is 0 Å². The van der Waals surface area contributed by atoms with Crippen LogP contribution in [0.1, 0.15) is 54.4 Å². The maximum Gasteiger partial charge on any atom is 0.230 e. The highest BCUT2D eigenvalue weighted by molar-refractivity contribution is 7.89. The predicted octanol–water partition coefficient (Wildman–Crippen LogP) is 2.05. The van der Waals surface area contributed by atoms with Crippen LogP contribution < -0.4 is 5.32 Å². The standard InChI is InChI=1S/C16H23N3O4S2/c1-2-9-25(22,23)19-8-4-5-11(10-19)15(21)18-16-17-12-6-3-7-13(20)14(12)24-16/h11H,2-10H2,1H3,(H,17,18,21). The lowest BCUT2D eigenvalue weighted by Gasteiger charge is -2.30. The number of ketones is 1. The summed E-state index contributed by atoms with van der Waals surface area (Å²) >= 11 is 1.23. The number of nitrogens with one attached hydrogen (secondary N) is 1. The largest absolute Gasteiger partial charge is 0.302 e. The Balaban J connectivity index is 1.66. The van der Waals surface area contributed by atoms with Crippen LogP contribution in [-0.2, 0) is 21.2 Å². The number of carbonyl (C=O) groups excluding carboxylic acids is 2. The Morgan fingerprint density at radius 2 is 2.16 bits per heavy atom. The number of aromatic nitrogens is 1. The van der Waals surface area contributed by atoms with E-state index in [-0.39, 0.29) is 29.9 Å². The molecule has 25 heavy (non-hydrogen) atoms. The lowest BCUT2D eigenvalue weighted by atomic mass is 9.99. The van der Waals surface area contributed by atoms with E-state index in [4.69, 9.17) is 0 Å². The molecule has 1 aliphatic carbocycles. The minimum absolute atomic E-state index is 0.0914. The van der Waals surface area contributed by atoms with Gasteiger partial charge < -0.3 is 5.32 Å². The van der Waals surface area contributed by atoms with Gasteiger partial charge in [0.15, 0.2) is 10.9 Å². The molecule has 0 spiro atoms. The fourth-order valence-electron chi connectivity index (χ4n) is 3.33. The van der Waals surface area contributed by atoms with Gasteiger partial charge in [-0.05, 0) is 32.1 Å². The van der Waals surface area contributed by atoms with Crippen LogP contribution in [0.15, 0.2) is 0 Å². The molecule has 1 aromatic heterocycles. The molecule has 1 N–H and O–H groups in total. The molecule has 1 unspecified atom stereocenters. The van der Waals surface area contributed by atoms with E-state index >= 15 is 0 Å². The zero-order valence-electron chi connectivity index (χ0n) is 14.3. The van der Waals surface area contributed by atoms with Crippen LogP contribution in [0, 0.1) is 5.92 Å². The lowest BCUT2D eigenvalue weighted by molar-refractivity contribution is -0.120. The third kappa shape index (κ3) is 4.09. The fourth-order valence-corrected chi connectivity index (χ4v) is 5.90. The maximum absolute atomic E-state index is 12.5. The van der Waals surface area contributed by atoms with E-state index in [1.54, 1.807) is 0 Å². The van der Waals surface area contributed by atoms with Crippen molar-refractivity contribution in [3.63, 3.8) is 0 Å². The first kappa shape index (κ1) is 18.5. The first-order chi connectivity index (χ1) is 11.9. The van der Waals surface area contributed by atoms with E-state index in [9.17, 15) is 18.0 Å². The van der Waals surface area contributed by atoms with Crippen molar-refractivity contribution in [3.8, 4) is 0 Å². The first-order valence-corrected chi connectivity index (χ1v) is 11.1. The van der Waals surface area contributed by atoms with Gasteiger partial charge in [-0.3, -0.25) is 9.59 Å². The van der Waals surface area contributed by atoms with Gasteiger partial charge in [0.05, 0.1) is 22.2 Å². The topological polar surface area (TPSA) is 96.4 Å². The zero-order chi connectivity index (χ0) is 18.0. The maximum atomic E-state index is 12.5. The Morgan fingerprint density at radius 1 is 1.36 bits per heavy atom. The molecule has 138 valence electrons. The molecule has 1 aliphatic heterocycles. The number of anilines is 1. The van der Waals surface area contributed by atoms with E-state index in [1.165, 1.54) is 15.6 Å². The number of thiazole rings is 1. The Kier molecular flexibility index (Phi) is 5.55. The van der Waals surface area contributed by atoms with Crippen molar-refractivity contribution in [2.45, 2.75) is 45.4 Å². The Labute approximate surface area is 151 Å². The fraction of sp³-hybridized carbons (Fsp3) is 0.688. The number of rotatable bonds is 5. The van der Waals surface area contributed by atoms with Crippen molar-refractivity contribution in [1.82, 2.24) is 9.29 Å². The van der Waals surface area contributed by atoms with Gasteiger partial charge in [-0.15, -0.1) is 0 Å². The van der Waals surface area contributed by atoms with Crippen LogP contribution in [0.3, 0.4) is 0 Å². The highest BCUT2D eigenvalue weighted by atomic mass is 32.2. The molecule has 1 saturated heterocycles. The minimum Gasteiger partial charge on any atom is -0.302 e. The average Bonchev–Trinajstić information content (AvgIpc) is 2.99. The van der Waals surface area contributed by atoms with E-state index in [1.807, 2.05) is 6.92 Å². The van der Waals surface area contributed by atoms with Crippen LogP contribution in [0.4, 0.5) is 5.13 Å². The lowest BCUT2D eigenvalue weighted by Crippen LogP contribution is -2.44. The third-order valence-electron chi connectivity index (χ3n) is 4.61. The number of Topliss-reactive ketones (excluding diaryl/α,β-unsaturated/α-hetero) is 1. The van der Waals surface area contributed by atoms with Gasteiger partial charge in [0, 0.05) is 19.5 Å². The van der Waals surface area contributed by atoms with E-state index in [2.05, 4.69) is 10.3 Å². The highest BCUT2D eigenvalue weighted by Gasteiger charge is 2.32. The van der Waals surface area contributed by atoms with Crippen molar-refractivity contribution < 1.29 is 18.0 Å². The number of carbonyl (C=O) groups is 2. The van der Waals surface area contributed by atoms with Crippen LogP contribution in [0.25, 0.3) is 0 Å². The molecular weight excluding hydrogens is 362 g/mol. The van der Waals surface area contributed by atoms with Crippen molar-refractivity contribution in [3.05, 3.63) is 10.6 Å². The van der Waals surface area contributed by atoms with Crippen molar-refractivity contribution in [1.29, 1.82) is 0 Å². The predicted molar refractivity (Wildman–Crippen MR) is 96.4 cm³/mol. The average molecular weight is 386 g/mol. The van der Waals surface area contributed by atoms with Gasteiger partial charge in [-0.2, -0.15) is 0 Å². The quantitative estimate of drug-likeness (QED) is 0.837. The van der Waals surface area contributed by atoms with Gasteiger partial charge >= 0.3 is 0 Å². The molecule has 3 rings (SSSR count). The summed E-state index contributed by atoms with van der Waals surface area (Å²) in [6.07, 6.45) is 4.00. The second-order valence-electron chi connectivity index (χ2n) is 6.57. The zero-order valence-corrected chi connectivity index (χ0v) is 15.9.